The fourth-order valence-corrected chi connectivity index (χ4v) is 1.72. The molecule has 0 aliphatic heterocycles. The van der Waals surface area contributed by atoms with Crippen molar-refractivity contribution in [3.8, 4) is 5.75 Å². The van der Waals surface area contributed by atoms with Gasteiger partial charge in [0.05, 0.1) is 11.2 Å². The smallest absolute Gasteiger partial charge is 0.412 e. The van der Waals surface area contributed by atoms with Crippen LogP contribution in [0.2, 0.25) is 0 Å². The minimum absolute atomic E-state index is 0.106. The number of ether oxygens (including phenoxy) is 1. The molecule has 0 spiro atoms. The van der Waals surface area contributed by atoms with Gasteiger partial charge in [0, 0.05) is 0 Å². The Morgan fingerprint density at radius 1 is 1.36 bits per heavy atom. The molecule has 1 atom stereocenters. The molecule has 0 saturated heterocycles. The number of hydrogen-bond acceptors (Lipinski definition) is 4. The summed E-state index contributed by atoms with van der Waals surface area (Å²) in [5.74, 6) is -0.242. The molecule has 0 fully saturated rings. The van der Waals surface area contributed by atoms with Crippen LogP contribution in [0.4, 0.5) is 19.3 Å². The summed E-state index contributed by atoms with van der Waals surface area (Å²) in [6, 6.07) is 4.22. The van der Waals surface area contributed by atoms with Crippen LogP contribution in [0.25, 0.3) is 0 Å². The van der Waals surface area contributed by atoms with Crippen molar-refractivity contribution in [2.75, 3.05) is 5.32 Å². The fourth-order valence-electron chi connectivity index (χ4n) is 1.72. The summed E-state index contributed by atoms with van der Waals surface area (Å²) in [4.78, 5) is 11.6. The van der Waals surface area contributed by atoms with Gasteiger partial charge in [-0.3, -0.25) is 5.32 Å². The van der Waals surface area contributed by atoms with E-state index in [9.17, 15) is 18.7 Å². The van der Waals surface area contributed by atoms with Gasteiger partial charge in [-0.1, -0.05) is 6.07 Å². The summed E-state index contributed by atoms with van der Waals surface area (Å²) in [5.41, 5.74) is 3.73. The van der Waals surface area contributed by atoms with Crippen molar-refractivity contribution in [2.24, 2.45) is 5.73 Å². The Morgan fingerprint density at radius 3 is 2.41 bits per heavy atom. The van der Waals surface area contributed by atoms with E-state index in [4.69, 9.17) is 10.5 Å². The topological polar surface area (TPSA) is 84.6 Å². The monoisotopic (exact) mass is 316 g/mol. The Bertz CT molecular complexity index is 540. The minimum Gasteiger partial charge on any atom is -0.506 e. The Morgan fingerprint density at radius 2 is 1.95 bits per heavy atom. The number of benzene rings is 1. The van der Waals surface area contributed by atoms with Crippen LogP contribution < -0.4 is 11.1 Å². The van der Waals surface area contributed by atoms with Crippen LogP contribution in [0.3, 0.4) is 0 Å². The van der Waals surface area contributed by atoms with Crippen molar-refractivity contribution in [1.82, 2.24) is 0 Å². The number of hydrogen-bond donors (Lipinski definition) is 3. The minimum atomic E-state index is -2.69. The van der Waals surface area contributed by atoms with Gasteiger partial charge in [0.25, 0.3) is 6.43 Å². The lowest BCUT2D eigenvalue weighted by atomic mass is 9.94. The lowest BCUT2D eigenvalue weighted by Crippen LogP contribution is -2.45. The highest BCUT2D eigenvalue weighted by Crippen LogP contribution is 2.27. The van der Waals surface area contributed by atoms with Crippen LogP contribution in [0, 0.1) is 0 Å². The number of alkyl halides is 2. The van der Waals surface area contributed by atoms with Crippen LogP contribution in [-0.4, -0.2) is 28.8 Å². The molecule has 4 N–H and O–H groups in total. The molecule has 1 rings (SSSR count). The molecule has 0 bridgehead atoms. The maximum absolute atomic E-state index is 12.7. The van der Waals surface area contributed by atoms with E-state index in [0.717, 1.165) is 0 Å². The molecule has 5 nitrogen and oxygen atoms in total. The number of carbonyl (C=O) groups is 1. The molecule has 1 aromatic rings. The van der Waals surface area contributed by atoms with Gasteiger partial charge in [-0.25, -0.2) is 13.6 Å². The molecule has 0 radical (unpaired) electrons. The van der Waals surface area contributed by atoms with Gasteiger partial charge in [-0.15, -0.1) is 0 Å². The molecule has 124 valence electrons. The van der Waals surface area contributed by atoms with Crippen molar-refractivity contribution in [1.29, 1.82) is 0 Å². The highest BCUT2D eigenvalue weighted by molar-refractivity contribution is 5.86. The Balaban J connectivity index is 2.80. The molecule has 0 saturated carbocycles. The number of halogens is 2. The molecule has 1 unspecified atom stereocenters. The number of nitrogens with two attached hydrogens (primary N) is 1. The van der Waals surface area contributed by atoms with E-state index in [1.165, 1.54) is 25.1 Å². The van der Waals surface area contributed by atoms with Gasteiger partial charge < -0.3 is 15.6 Å². The standard InChI is InChI=1S/C15H22F2N2O3/c1-14(2,3)22-13(21)19-10-6-5-9(7-11(10)20)8-15(4,18)12(16)17/h5-7,12,20H,8,18H2,1-4H3,(H,19,21). The summed E-state index contributed by atoms with van der Waals surface area (Å²) in [6.45, 7) is 6.37. The third-order valence-electron chi connectivity index (χ3n) is 2.78. The first-order chi connectivity index (χ1) is 9.90. The number of phenols is 1. The van der Waals surface area contributed by atoms with Crippen molar-refractivity contribution >= 4 is 11.8 Å². The Labute approximate surface area is 128 Å². The third-order valence-corrected chi connectivity index (χ3v) is 2.78. The molecule has 1 aromatic carbocycles. The van der Waals surface area contributed by atoms with E-state index in [2.05, 4.69) is 5.32 Å². The van der Waals surface area contributed by atoms with E-state index in [0.29, 0.717) is 5.56 Å². The SMILES string of the molecule is CC(C)(C)OC(=O)Nc1ccc(CC(C)(N)C(F)F)cc1O. The first-order valence-electron chi connectivity index (χ1n) is 6.79. The Hall–Kier alpha value is -1.89. The van der Waals surface area contributed by atoms with Crippen LogP contribution in [0.15, 0.2) is 18.2 Å². The second kappa shape index (κ2) is 6.48. The molecule has 0 aliphatic rings. The van der Waals surface area contributed by atoms with Crippen molar-refractivity contribution in [3.05, 3.63) is 23.8 Å². The quantitative estimate of drug-likeness (QED) is 0.744. The number of anilines is 1. The molecule has 1 amide bonds. The summed E-state index contributed by atoms with van der Waals surface area (Å²) >= 11 is 0. The number of aromatic hydroxyl groups is 1. The molecule has 0 aromatic heterocycles. The molecule has 0 aliphatic carbocycles. The van der Waals surface area contributed by atoms with Gasteiger partial charge in [0.15, 0.2) is 0 Å². The molecule has 7 heteroatoms. The van der Waals surface area contributed by atoms with Crippen molar-refractivity contribution < 1.29 is 23.4 Å². The maximum atomic E-state index is 12.7. The van der Waals surface area contributed by atoms with E-state index in [1.54, 1.807) is 20.8 Å². The van der Waals surface area contributed by atoms with E-state index in [1.807, 2.05) is 0 Å². The largest absolute Gasteiger partial charge is 0.506 e. The van der Waals surface area contributed by atoms with Crippen LogP contribution in [0.1, 0.15) is 33.3 Å². The average Bonchev–Trinajstić information content (AvgIpc) is 2.29. The fraction of sp³-hybridized carbons (Fsp3) is 0.533. The van der Waals surface area contributed by atoms with Crippen molar-refractivity contribution in [2.45, 2.75) is 51.7 Å². The highest BCUT2D eigenvalue weighted by Gasteiger charge is 2.30. The van der Waals surface area contributed by atoms with Gasteiger partial charge in [-0.2, -0.15) is 0 Å². The summed E-state index contributed by atoms with van der Waals surface area (Å²) < 4.78 is 30.6. The molecular formula is C15H22F2N2O3. The van der Waals surface area contributed by atoms with E-state index < -0.39 is 23.7 Å². The third kappa shape index (κ3) is 5.48. The predicted octanol–water partition coefficient (Wildman–Crippen LogP) is 3.26. The van der Waals surface area contributed by atoms with Crippen LogP contribution in [-0.2, 0) is 11.2 Å². The first kappa shape index (κ1) is 18.2. The van der Waals surface area contributed by atoms with Gasteiger partial charge >= 0.3 is 6.09 Å². The zero-order chi connectivity index (χ0) is 17.1. The molecular weight excluding hydrogens is 294 g/mol. The van der Waals surface area contributed by atoms with Crippen molar-refractivity contribution in [3.63, 3.8) is 0 Å². The zero-order valence-corrected chi connectivity index (χ0v) is 13.1. The average molecular weight is 316 g/mol. The zero-order valence-electron chi connectivity index (χ0n) is 13.1. The maximum Gasteiger partial charge on any atom is 0.412 e. The summed E-state index contributed by atoms with van der Waals surface area (Å²) in [6.07, 6.45) is -3.51. The summed E-state index contributed by atoms with van der Waals surface area (Å²) in [7, 11) is 0. The number of phenolic OH excluding ortho intramolecular Hbond substituents is 1. The second-order valence-electron chi connectivity index (χ2n) is 6.46. The van der Waals surface area contributed by atoms with Crippen LogP contribution >= 0.6 is 0 Å². The predicted molar refractivity (Wildman–Crippen MR) is 80.3 cm³/mol. The first-order valence-corrected chi connectivity index (χ1v) is 6.79. The van der Waals surface area contributed by atoms with Crippen LogP contribution in [0.5, 0.6) is 5.75 Å². The van der Waals surface area contributed by atoms with Gasteiger partial charge in [0.1, 0.15) is 11.4 Å². The number of rotatable bonds is 4. The summed E-state index contributed by atoms with van der Waals surface area (Å²) in [5, 5.41) is 12.3. The molecule has 22 heavy (non-hydrogen) atoms. The Kier molecular flexibility index (Phi) is 5.35. The number of amides is 1. The van der Waals surface area contributed by atoms with Gasteiger partial charge in [0.2, 0.25) is 0 Å². The lowest BCUT2D eigenvalue weighted by molar-refractivity contribution is 0.0634. The van der Waals surface area contributed by atoms with E-state index >= 15 is 0 Å². The second-order valence-corrected chi connectivity index (χ2v) is 6.46. The normalized spacial score (nSPS) is 14.5. The number of carbonyl (C=O) groups excluding carboxylic acids is 1. The van der Waals surface area contributed by atoms with E-state index in [-0.39, 0.29) is 17.9 Å². The lowest BCUT2D eigenvalue weighted by Gasteiger charge is -2.24. The number of nitrogens with one attached hydrogen (secondary N) is 1. The van der Waals surface area contributed by atoms with Gasteiger partial charge in [-0.05, 0) is 51.8 Å². The molecule has 0 heterocycles. The highest BCUT2D eigenvalue weighted by atomic mass is 19.3.